The number of likely N-dealkylation sites (N-methyl/N-ethyl adjacent to an activating group) is 1. The molecule has 0 fully saturated rings. The maximum atomic E-state index is 13.3. The highest BCUT2D eigenvalue weighted by Gasteiger charge is 2.18. The van der Waals surface area contributed by atoms with E-state index in [4.69, 9.17) is 4.74 Å². The second kappa shape index (κ2) is 7.73. The number of ether oxygens (including phenoxy) is 1. The lowest BCUT2D eigenvalue weighted by molar-refractivity contribution is -0.124. The smallest absolute Gasteiger partial charge is 0.223 e. The predicted molar refractivity (Wildman–Crippen MR) is 78.0 cm³/mol. The van der Waals surface area contributed by atoms with Gasteiger partial charge < -0.3 is 10.1 Å². The molecule has 6 heteroatoms. The van der Waals surface area contributed by atoms with Gasteiger partial charge in [0.15, 0.2) is 5.78 Å². The van der Waals surface area contributed by atoms with E-state index in [1.54, 1.807) is 25.9 Å². The van der Waals surface area contributed by atoms with Crippen LogP contribution in [0.4, 0.5) is 4.39 Å². The van der Waals surface area contributed by atoms with Crippen LogP contribution in [-0.2, 0) is 4.79 Å². The van der Waals surface area contributed by atoms with E-state index >= 15 is 0 Å². The van der Waals surface area contributed by atoms with Gasteiger partial charge in [0.05, 0.1) is 19.2 Å². The Hall–Kier alpha value is -1.95. The average Bonchev–Trinajstić information content (AvgIpc) is 2.45. The number of carbonyl (C=O) groups excluding carboxylic acids is 2. The van der Waals surface area contributed by atoms with E-state index in [0.29, 0.717) is 12.3 Å². The van der Waals surface area contributed by atoms with Crippen LogP contribution >= 0.6 is 0 Å². The van der Waals surface area contributed by atoms with Gasteiger partial charge in [-0.05, 0) is 25.2 Å². The summed E-state index contributed by atoms with van der Waals surface area (Å²) >= 11 is 0. The summed E-state index contributed by atoms with van der Waals surface area (Å²) in [6, 6.07) is 3.83. The summed E-state index contributed by atoms with van der Waals surface area (Å²) < 4.78 is 18.3. The van der Waals surface area contributed by atoms with Gasteiger partial charge in [0.1, 0.15) is 11.6 Å². The number of nitrogens with zero attached hydrogens (tertiary/aromatic N) is 1. The SMILES string of the molecule is CNC(=O)C(C)CN(C)CC(=O)c1cc(F)ccc1OC. The largest absolute Gasteiger partial charge is 0.496 e. The van der Waals surface area contributed by atoms with Gasteiger partial charge in [-0.2, -0.15) is 0 Å². The van der Waals surface area contributed by atoms with Crippen LogP contribution in [0.1, 0.15) is 17.3 Å². The molecule has 1 unspecified atom stereocenters. The topological polar surface area (TPSA) is 58.6 Å². The van der Waals surface area contributed by atoms with E-state index in [9.17, 15) is 14.0 Å². The van der Waals surface area contributed by atoms with Crippen LogP contribution in [0.15, 0.2) is 18.2 Å². The normalized spacial score (nSPS) is 12.1. The third-order valence-electron chi connectivity index (χ3n) is 3.15. The van der Waals surface area contributed by atoms with Gasteiger partial charge in [-0.15, -0.1) is 0 Å². The van der Waals surface area contributed by atoms with Crippen molar-refractivity contribution in [2.75, 3.05) is 34.3 Å². The number of Topliss-reactive ketones (excluding diaryl/α,β-unsaturated/α-hetero) is 1. The first-order valence-electron chi connectivity index (χ1n) is 6.66. The first kappa shape index (κ1) is 17.1. The standard InChI is InChI=1S/C15H21FN2O3/c1-10(15(20)17-2)8-18(3)9-13(19)12-7-11(16)5-6-14(12)21-4/h5-7,10H,8-9H2,1-4H3,(H,17,20). The van der Waals surface area contributed by atoms with Gasteiger partial charge in [0.25, 0.3) is 0 Å². The molecule has 0 aliphatic heterocycles. The molecule has 0 aromatic heterocycles. The Morgan fingerprint density at radius 2 is 2.10 bits per heavy atom. The van der Waals surface area contributed by atoms with Crippen LogP contribution in [0, 0.1) is 11.7 Å². The van der Waals surface area contributed by atoms with Crippen LogP contribution in [-0.4, -0.2) is 50.9 Å². The molecule has 1 atom stereocenters. The number of carbonyl (C=O) groups is 2. The van der Waals surface area contributed by atoms with Crippen LogP contribution in [0.2, 0.25) is 0 Å². The van der Waals surface area contributed by atoms with Gasteiger partial charge in [-0.3, -0.25) is 14.5 Å². The molecule has 0 aliphatic carbocycles. The zero-order chi connectivity index (χ0) is 16.0. The number of methoxy groups -OCH3 is 1. The molecule has 1 aromatic rings. The quantitative estimate of drug-likeness (QED) is 0.771. The second-order valence-electron chi connectivity index (χ2n) is 4.98. The summed E-state index contributed by atoms with van der Waals surface area (Å²) in [5.41, 5.74) is 0.206. The van der Waals surface area contributed by atoms with Gasteiger partial charge in [-0.1, -0.05) is 6.92 Å². The molecule has 0 saturated carbocycles. The molecule has 0 bridgehead atoms. The summed E-state index contributed by atoms with van der Waals surface area (Å²) in [4.78, 5) is 25.4. The first-order valence-corrected chi connectivity index (χ1v) is 6.66. The molecule has 116 valence electrons. The minimum Gasteiger partial charge on any atom is -0.496 e. The molecular weight excluding hydrogens is 275 g/mol. The predicted octanol–water partition coefficient (Wildman–Crippen LogP) is 1.33. The summed E-state index contributed by atoms with van der Waals surface area (Å²) in [7, 11) is 4.74. The highest BCUT2D eigenvalue weighted by atomic mass is 19.1. The lowest BCUT2D eigenvalue weighted by Crippen LogP contribution is -2.36. The summed E-state index contributed by atoms with van der Waals surface area (Å²) in [6.45, 7) is 2.30. The molecule has 1 rings (SSSR count). The first-order chi connectivity index (χ1) is 9.88. The number of hydrogen-bond donors (Lipinski definition) is 1. The maximum absolute atomic E-state index is 13.3. The highest BCUT2D eigenvalue weighted by Crippen LogP contribution is 2.20. The Bertz CT molecular complexity index is 520. The number of rotatable bonds is 7. The summed E-state index contributed by atoms with van der Waals surface area (Å²) in [5, 5.41) is 2.56. The number of ketones is 1. The van der Waals surface area contributed by atoms with Crippen molar-refractivity contribution in [3.63, 3.8) is 0 Å². The van der Waals surface area contributed by atoms with E-state index in [-0.39, 0.29) is 29.7 Å². The lowest BCUT2D eigenvalue weighted by Gasteiger charge is -2.20. The Kier molecular flexibility index (Phi) is 6.30. The molecule has 0 heterocycles. The van der Waals surface area contributed by atoms with E-state index in [1.807, 2.05) is 0 Å². The molecule has 0 aliphatic rings. The fraction of sp³-hybridized carbons (Fsp3) is 0.467. The molecule has 21 heavy (non-hydrogen) atoms. The molecule has 1 amide bonds. The molecule has 0 spiro atoms. The molecule has 5 nitrogen and oxygen atoms in total. The summed E-state index contributed by atoms with van der Waals surface area (Å²) in [6.07, 6.45) is 0. The van der Waals surface area contributed by atoms with Crippen LogP contribution < -0.4 is 10.1 Å². The Morgan fingerprint density at radius 1 is 1.43 bits per heavy atom. The Morgan fingerprint density at radius 3 is 2.67 bits per heavy atom. The van der Waals surface area contributed by atoms with Crippen molar-refractivity contribution in [1.82, 2.24) is 10.2 Å². The van der Waals surface area contributed by atoms with Gasteiger partial charge in [0.2, 0.25) is 5.91 Å². The second-order valence-corrected chi connectivity index (χ2v) is 4.98. The third-order valence-corrected chi connectivity index (χ3v) is 3.15. The maximum Gasteiger partial charge on any atom is 0.223 e. The lowest BCUT2D eigenvalue weighted by atomic mass is 10.1. The number of halogens is 1. The van der Waals surface area contributed by atoms with E-state index in [0.717, 1.165) is 6.07 Å². The fourth-order valence-electron chi connectivity index (χ4n) is 2.09. The van der Waals surface area contributed by atoms with Crippen molar-refractivity contribution >= 4 is 11.7 Å². The van der Waals surface area contributed by atoms with Gasteiger partial charge in [-0.25, -0.2) is 4.39 Å². The minimum atomic E-state index is -0.486. The van der Waals surface area contributed by atoms with Gasteiger partial charge >= 0.3 is 0 Å². The van der Waals surface area contributed by atoms with Gasteiger partial charge in [0, 0.05) is 19.5 Å². The van der Waals surface area contributed by atoms with Crippen LogP contribution in [0.25, 0.3) is 0 Å². The molecule has 1 N–H and O–H groups in total. The van der Waals surface area contributed by atoms with Crippen LogP contribution in [0.5, 0.6) is 5.75 Å². The number of nitrogens with one attached hydrogen (secondary N) is 1. The van der Waals surface area contributed by atoms with E-state index < -0.39 is 5.82 Å². The van der Waals surface area contributed by atoms with E-state index in [2.05, 4.69) is 5.32 Å². The number of amides is 1. The molecule has 1 aromatic carbocycles. The molecular formula is C15H21FN2O3. The number of hydrogen-bond acceptors (Lipinski definition) is 4. The molecule has 0 radical (unpaired) electrons. The van der Waals surface area contributed by atoms with Crippen molar-refractivity contribution in [2.45, 2.75) is 6.92 Å². The Balaban J connectivity index is 2.72. The zero-order valence-corrected chi connectivity index (χ0v) is 12.8. The van der Waals surface area contributed by atoms with E-state index in [1.165, 1.54) is 19.2 Å². The van der Waals surface area contributed by atoms with Crippen LogP contribution in [0.3, 0.4) is 0 Å². The number of benzene rings is 1. The minimum absolute atomic E-state index is 0.0845. The monoisotopic (exact) mass is 296 g/mol. The fourth-order valence-corrected chi connectivity index (χ4v) is 2.09. The third kappa shape index (κ3) is 4.82. The van der Waals surface area contributed by atoms with Crippen molar-refractivity contribution < 1.29 is 18.7 Å². The highest BCUT2D eigenvalue weighted by molar-refractivity contribution is 6.00. The Labute approximate surface area is 124 Å². The summed E-state index contributed by atoms with van der Waals surface area (Å²) in [5.74, 6) is -0.715. The van der Waals surface area contributed by atoms with Crippen molar-refractivity contribution in [3.05, 3.63) is 29.6 Å². The van der Waals surface area contributed by atoms with Crippen molar-refractivity contribution in [3.8, 4) is 5.75 Å². The average molecular weight is 296 g/mol. The van der Waals surface area contributed by atoms with Crippen molar-refractivity contribution in [2.24, 2.45) is 5.92 Å². The zero-order valence-electron chi connectivity index (χ0n) is 12.8. The van der Waals surface area contributed by atoms with Crippen molar-refractivity contribution in [1.29, 1.82) is 0 Å². The molecule has 0 saturated heterocycles.